The van der Waals surface area contributed by atoms with Crippen LogP contribution < -0.4 is 5.32 Å². The second-order valence-corrected chi connectivity index (χ2v) is 9.63. The van der Waals surface area contributed by atoms with Gasteiger partial charge in [-0.25, -0.2) is 0 Å². The van der Waals surface area contributed by atoms with Crippen LogP contribution in [-0.2, 0) is 33.4 Å². The molecule has 0 unspecified atom stereocenters. The molecule has 0 rings (SSSR count). The Morgan fingerprint density at radius 1 is 0.879 bits per heavy atom. The number of nitrogens with one attached hydrogen (secondary N) is 1. The fraction of sp³-hybridized carbons (Fsp3) is 0.840. The van der Waals surface area contributed by atoms with Gasteiger partial charge in [-0.2, -0.15) is 0 Å². The van der Waals surface area contributed by atoms with Crippen LogP contribution in [0.1, 0.15) is 106 Å². The van der Waals surface area contributed by atoms with E-state index >= 15 is 0 Å². The third kappa shape index (κ3) is 17.1. The van der Waals surface area contributed by atoms with Crippen LogP contribution in [0.4, 0.5) is 0 Å². The fourth-order valence-electron chi connectivity index (χ4n) is 3.40. The first-order chi connectivity index (χ1) is 15.4. The van der Waals surface area contributed by atoms with Crippen LogP contribution in [0.15, 0.2) is 0 Å². The highest BCUT2D eigenvalue weighted by molar-refractivity contribution is 5.84. The van der Waals surface area contributed by atoms with E-state index in [2.05, 4.69) is 12.2 Å². The standard InChI is InChI=1S/C25H45NO7/c1-8-9-10-11-12-13-14-15-21(16-23(29)33-25(5,6)7)24(30)26-22(17-31-19(3)27)18(2)32-20(4)28/h18,21-22H,8-17H2,1-7H3,(H,26,30)/t18-,21+,22-/m0/s1. The molecule has 3 atom stereocenters. The van der Waals surface area contributed by atoms with Gasteiger partial charge in [-0.15, -0.1) is 0 Å². The molecule has 0 radical (unpaired) electrons. The van der Waals surface area contributed by atoms with Crippen LogP contribution in [0.3, 0.4) is 0 Å². The van der Waals surface area contributed by atoms with E-state index in [-0.39, 0.29) is 18.9 Å². The van der Waals surface area contributed by atoms with Gasteiger partial charge in [0.05, 0.1) is 12.5 Å². The highest BCUT2D eigenvalue weighted by atomic mass is 16.6. The van der Waals surface area contributed by atoms with E-state index in [9.17, 15) is 19.2 Å². The van der Waals surface area contributed by atoms with Crippen LogP contribution in [0.25, 0.3) is 0 Å². The molecule has 0 spiro atoms. The van der Waals surface area contributed by atoms with Gasteiger partial charge in [0.1, 0.15) is 18.3 Å². The molecule has 192 valence electrons. The van der Waals surface area contributed by atoms with Crippen LogP contribution in [0.5, 0.6) is 0 Å². The largest absolute Gasteiger partial charge is 0.464 e. The minimum Gasteiger partial charge on any atom is -0.464 e. The number of ether oxygens (including phenoxy) is 3. The van der Waals surface area contributed by atoms with E-state index in [1.165, 1.54) is 39.5 Å². The molecule has 0 saturated carbocycles. The summed E-state index contributed by atoms with van der Waals surface area (Å²) in [5.74, 6) is -2.37. The number of rotatable bonds is 16. The summed E-state index contributed by atoms with van der Waals surface area (Å²) in [6.07, 6.45) is 7.51. The summed E-state index contributed by atoms with van der Waals surface area (Å²) in [7, 11) is 0. The minimum atomic E-state index is -0.722. The lowest BCUT2D eigenvalue weighted by molar-refractivity contribution is -0.157. The van der Waals surface area contributed by atoms with Gasteiger partial charge in [-0.05, 0) is 34.1 Å². The molecule has 0 aromatic carbocycles. The van der Waals surface area contributed by atoms with Crippen molar-refractivity contribution in [3.8, 4) is 0 Å². The monoisotopic (exact) mass is 471 g/mol. The van der Waals surface area contributed by atoms with Crippen LogP contribution in [0, 0.1) is 5.92 Å². The Hall–Kier alpha value is -2.12. The predicted octanol–water partition coefficient (Wildman–Crippen LogP) is 4.47. The molecule has 0 aliphatic rings. The fourth-order valence-corrected chi connectivity index (χ4v) is 3.40. The number of carbonyl (C=O) groups is 4. The summed E-state index contributed by atoms with van der Waals surface area (Å²) >= 11 is 0. The highest BCUT2D eigenvalue weighted by Crippen LogP contribution is 2.19. The normalized spacial score (nSPS) is 14.0. The van der Waals surface area contributed by atoms with E-state index in [1.54, 1.807) is 27.7 Å². The lowest BCUT2D eigenvalue weighted by Gasteiger charge is -2.27. The molecule has 1 N–H and O–H groups in total. The molecule has 0 aliphatic heterocycles. The Labute approximate surface area is 199 Å². The molecule has 0 saturated heterocycles. The molecule has 0 heterocycles. The van der Waals surface area contributed by atoms with Gasteiger partial charge in [-0.3, -0.25) is 19.2 Å². The Balaban J connectivity index is 5.15. The number of hydrogen-bond acceptors (Lipinski definition) is 7. The van der Waals surface area contributed by atoms with Crippen LogP contribution in [0.2, 0.25) is 0 Å². The van der Waals surface area contributed by atoms with E-state index in [1.807, 2.05) is 0 Å². The van der Waals surface area contributed by atoms with Crippen molar-refractivity contribution >= 4 is 23.8 Å². The maximum Gasteiger partial charge on any atom is 0.307 e. The third-order valence-electron chi connectivity index (χ3n) is 5.07. The van der Waals surface area contributed by atoms with E-state index in [4.69, 9.17) is 14.2 Å². The zero-order chi connectivity index (χ0) is 25.4. The number of esters is 3. The average Bonchev–Trinajstić information content (AvgIpc) is 2.67. The lowest BCUT2D eigenvalue weighted by atomic mass is 9.95. The second-order valence-electron chi connectivity index (χ2n) is 9.63. The van der Waals surface area contributed by atoms with Crippen molar-refractivity contribution in [2.24, 2.45) is 5.92 Å². The van der Waals surface area contributed by atoms with Crippen molar-refractivity contribution in [2.45, 2.75) is 124 Å². The summed E-state index contributed by atoms with van der Waals surface area (Å²) in [5, 5.41) is 2.81. The zero-order valence-electron chi connectivity index (χ0n) is 21.7. The molecule has 0 aromatic heterocycles. The first-order valence-corrected chi connectivity index (χ1v) is 12.2. The Kier molecular flexibility index (Phi) is 15.4. The maximum absolute atomic E-state index is 13.1. The first-order valence-electron chi connectivity index (χ1n) is 12.2. The van der Waals surface area contributed by atoms with Gasteiger partial charge < -0.3 is 19.5 Å². The molecule has 1 amide bonds. The van der Waals surface area contributed by atoms with Crippen molar-refractivity contribution in [2.75, 3.05) is 6.61 Å². The van der Waals surface area contributed by atoms with E-state index in [0.29, 0.717) is 6.42 Å². The smallest absolute Gasteiger partial charge is 0.307 e. The molecule has 0 aromatic rings. The van der Waals surface area contributed by atoms with Gasteiger partial charge in [0, 0.05) is 19.8 Å². The number of carbonyl (C=O) groups excluding carboxylic acids is 4. The zero-order valence-corrected chi connectivity index (χ0v) is 21.7. The summed E-state index contributed by atoms with van der Waals surface area (Å²) in [5.41, 5.74) is -0.640. The summed E-state index contributed by atoms with van der Waals surface area (Å²) < 4.78 is 15.6. The minimum absolute atomic E-state index is 0.0405. The quantitative estimate of drug-likeness (QED) is 0.201. The SMILES string of the molecule is CCCCCCCCC[C@H](CC(=O)OC(C)(C)C)C(=O)N[C@@H](COC(C)=O)[C@H](C)OC(C)=O. The topological polar surface area (TPSA) is 108 Å². The summed E-state index contributed by atoms with van der Waals surface area (Å²) in [4.78, 5) is 48.1. The molecule has 8 heteroatoms. The highest BCUT2D eigenvalue weighted by Gasteiger charge is 2.29. The second kappa shape index (κ2) is 16.5. The number of unbranched alkanes of at least 4 members (excludes halogenated alkanes) is 6. The molecule has 8 nitrogen and oxygen atoms in total. The molecular weight excluding hydrogens is 426 g/mol. The molecular formula is C25H45NO7. The first kappa shape index (κ1) is 30.9. The van der Waals surface area contributed by atoms with Crippen LogP contribution in [-0.4, -0.2) is 48.2 Å². The number of hydrogen-bond donors (Lipinski definition) is 1. The predicted molar refractivity (Wildman–Crippen MR) is 126 cm³/mol. The van der Waals surface area contributed by atoms with Gasteiger partial charge in [0.25, 0.3) is 0 Å². The summed E-state index contributed by atoms with van der Waals surface area (Å²) in [6, 6.07) is -0.722. The van der Waals surface area contributed by atoms with Gasteiger partial charge in [-0.1, -0.05) is 51.9 Å². The van der Waals surface area contributed by atoms with Gasteiger partial charge in [0.15, 0.2) is 0 Å². The van der Waals surface area contributed by atoms with Crippen molar-refractivity contribution in [1.29, 1.82) is 0 Å². The average molecular weight is 472 g/mol. The van der Waals surface area contributed by atoms with Gasteiger partial charge in [0.2, 0.25) is 5.91 Å². The Morgan fingerprint density at radius 2 is 1.45 bits per heavy atom. The Morgan fingerprint density at radius 3 is 1.97 bits per heavy atom. The van der Waals surface area contributed by atoms with E-state index in [0.717, 1.165) is 19.3 Å². The lowest BCUT2D eigenvalue weighted by Crippen LogP contribution is -2.49. The van der Waals surface area contributed by atoms with Crippen molar-refractivity contribution in [3.63, 3.8) is 0 Å². The van der Waals surface area contributed by atoms with Crippen molar-refractivity contribution in [3.05, 3.63) is 0 Å². The Bertz CT molecular complexity index is 612. The molecule has 0 bridgehead atoms. The summed E-state index contributed by atoms with van der Waals surface area (Å²) in [6.45, 7) is 11.6. The molecule has 0 aliphatic carbocycles. The number of amides is 1. The third-order valence-corrected chi connectivity index (χ3v) is 5.07. The van der Waals surface area contributed by atoms with Gasteiger partial charge >= 0.3 is 17.9 Å². The van der Waals surface area contributed by atoms with Crippen LogP contribution >= 0.6 is 0 Å². The van der Waals surface area contributed by atoms with Crippen molar-refractivity contribution in [1.82, 2.24) is 5.32 Å². The maximum atomic E-state index is 13.1. The molecule has 33 heavy (non-hydrogen) atoms. The van der Waals surface area contributed by atoms with E-state index < -0.39 is 41.6 Å². The van der Waals surface area contributed by atoms with Crippen molar-refractivity contribution < 1.29 is 33.4 Å². The molecule has 0 fully saturated rings.